The summed E-state index contributed by atoms with van der Waals surface area (Å²) in [5.41, 5.74) is 7.28. The fraction of sp³-hybridized carbons (Fsp3) is 0.667. The van der Waals surface area contributed by atoms with E-state index >= 15 is 0 Å². The highest BCUT2D eigenvalue weighted by Gasteiger charge is 2.31. The highest BCUT2D eigenvalue weighted by atomic mass is 15.2. The molecule has 3 heteroatoms. The quantitative estimate of drug-likeness (QED) is 0.889. The van der Waals surface area contributed by atoms with Gasteiger partial charge in [-0.05, 0) is 29.9 Å². The van der Waals surface area contributed by atoms with E-state index in [2.05, 4.69) is 35.9 Å². The van der Waals surface area contributed by atoms with Crippen LogP contribution in [0.5, 0.6) is 0 Å². The van der Waals surface area contributed by atoms with Gasteiger partial charge in [0, 0.05) is 25.8 Å². The predicted molar refractivity (Wildman–Crippen MR) is 76.6 cm³/mol. The third kappa shape index (κ3) is 2.66. The molecule has 0 unspecified atom stereocenters. The molecule has 0 saturated carbocycles. The summed E-state index contributed by atoms with van der Waals surface area (Å²) in [6.45, 7) is 7.50. The van der Waals surface area contributed by atoms with Gasteiger partial charge < -0.3 is 10.6 Å². The fourth-order valence-corrected chi connectivity index (χ4v) is 2.89. The van der Waals surface area contributed by atoms with Crippen LogP contribution in [0.1, 0.15) is 45.1 Å². The molecule has 0 aromatic carbocycles. The first-order valence-corrected chi connectivity index (χ1v) is 7.13. The third-order valence-corrected chi connectivity index (χ3v) is 4.69. The van der Waals surface area contributed by atoms with Crippen molar-refractivity contribution in [3.63, 3.8) is 0 Å². The van der Waals surface area contributed by atoms with E-state index in [-0.39, 0.29) is 0 Å². The number of anilines is 1. The number of nitrogens with two attached hydrogens (primary N) is 1. The maximum atomic E-state index is 5.60. The Balaban J connectivity index is 2.00. The van der Waals surface area contributed by atoms with E-state index < -0.39 is 0 Å². The average molecular weight is 247 g/mol. The minimum Gasteiger partial charge on any atom is -0.357 e. The molecule has 2 N–H and O–H groups in total. The van der Waals surface area contributed by atoms with E-state index in [1.807, 2.05) is 6.20 Å². The van der Waals surface area contributed by atoms with Crippen LogP contribution in [-0.4, -0.2) is 18.1 Å². The SMILES string of the molecule is CCC1(CC)CCN(c2ccc(CN)cn2)CC1. The highest BCUT2D eigenvalue weighted by Crippen LogP contribution is 2.38. The van der Waals surface area contributed by atoms with Crippen molar-refractivity contribution in [2.24, 2.45) is 11.1 Å². The molecule has 3 nitrogen and oxygen atoms in total. The van der Waals surface area contributed by atoms with Crippen LogP contribution in [0.15, 0.2) is 18.3 Å². The van der Waals surface area contributed by atoms with Gasteiger partial charge in [0.2, 0.25) is 0 Å². The number of piperidine rings is 1. The number of rotatable bonds is 4. The molecule has 2 heterocycles. The van der Waals surface area contributed by atoms with Crippen molar-refractivity contribution in [3.05, 3.63) is 23.9 Å². The van der Waals surface area contributed by atoms with E-state index in [0.717, 1.165) is 24.5 Å². The summed E-state index contributed by atoms with van der Waals surface area (Å²) in [4.78, 5) is 6.93. The van der Waals surface area contributed by atoms with Gasteiger partial charge in [-0.3, -0.25) is 0 Å². The Morgan fingerprint density at radius 1 is 1.22 bits per heavy atom. The van der Waals surface area contributed by atoms with E-state index in [1.165, 1.54) is 25.7 Å². The summed E-state index contributed by atoms with van der Waals surface area (Å²) in [7, 11) is 0. The molecule has 0 radical (unpaired) electrons. The van der Waals surface area contributed by atoms with Crippen LogP contribution in [0.3, 0.4) is 0 Å². The smallest absolute Gasteiger partial charge is 0.128 e. The molecular weight excluding hydrogens is 222 g/mol. The second-order valence-electron chi connectivity index (χ2n) is 5.42. The number of hydrogen-bond donors (Lipinski definition) is 1. The van der Waals surface area contributed by atoms with Crippen molar-refractivity contribution >= 4 is 5.82 Å². The molecule has 2 rings (SSSR count). The van der Waals surface area contributed by atoms with Gasteiger partial charge in [0.25, 0.3) is 0 Å². The number of aromatic nitrogens is 1. The molecule has 0 spiro atoms. The van der Waals surface area contributed by atoms with Crippen molar-refractivity contribution < 1.29 is 0 Å². The first-order valence-electron chi connectivity index (χ1n) is 7.13. The first-order chi connectivity index (χ1) is 8.73. The molecule has 18 heavy (non-hydrogen) atoms. The maximum Gasteiger partial charge on any atom is 0.128 e. The van der Waals surface area contributed by atoms with Crippen LogP contribution in [0, 0.1) is 5.41 Å². The molecule has 100 valence electrons. The van der Waals surface area contributed by atoms with Gasteiger partial charge in [-0.25, -0.2) is 4.98 Å². The van der Waals surface area contributed by atoms with E-state index in [0.29, 0.717) is 12.0 Å². The zero-order chi connectivity index (χ0) is 13.0. The molecule has 1 aliphatic heterocycles. The van der Waals surface area contributed by atoms with Gasteiger partial charge >= 0.3 is 0 Å². The largest absolute Gasteiger partial charge is 0.357 e. The fourth-order valence-electron chi connectivity index (χ4n) is 2.89. The topological polar surface area (TPSA) is 42.1 Å². The zero-order valence-corrected chi connectivity index (χ0v) is 11.7. The van der Waals surface area contributed by atoms with Crippen LogP contribution in [0.4, 0.5) is 5.82 Å². The van der Waals surface area contributed by atoms with E-state index in [4.69, 9.17) is 5.73 Å². The highest BCUT2D eigenvalue weighted by molar-refractivity contribution is 5.39. The summed E-state index contributed by atoms with van der Waals surface area (Å²) >= 11 is 0. The van der Waals surface area contributed by atoms with E-state index in [1.54, 1.807) is 0 Å². The summed E-state index contributed by atoms with van der Waals surface area (Å²) in [6.07, 6.45) is 7.09. The normalized spacial score (nSPS) is 18.9. The summed E-state index contributed by atoms with van der Waals surface area (Å²) < 4.78 is 0. The summed E-state index contributed by atoms with van der Waals surface area (Å²) in [5, 5.41) is 0. The molecular formula is C15H25N3. The molecule has 0 aliphatic carbocycles. The van der Waals surface area contributed by atoms with E-state index in [9.17, 15) is 0 Å². The molecule has 1 saturated heterocycles. The first kappa shape index (κ1) is 13.3. The van der Waals surface area contributed by atoms with Crippen LogP contribution < -0.4 is 10.6 Å². The summed E-state index contributed by atoms with van der Waals surface area (Å²) in [5.74, 6) is 1.10. The monoisotopic (exact) mass is 247 g/mol. The summed E-state index contributed by atoms with van der Waals surface area (Å²) in [6, 6.07) is 4.19. The standard InChI is InChI=1S/C15H25N3/c1-3-15(4-2)7-9-18(10-8-15)14-6-5-13(11-16)12-17-14/h5-6,12H,3-4,7-11,16H2,1-2H3. The molecule has 1 aromatic heterocycles. The van der Waals surface area contributed by atoms with Crippen molar-refractivity contribution in [1.29, 1.82) is 0 Å². The molecule has 1 aliphatic rings. The Labute approximate surface area is 110 Å². The van der Waals surface area contributed by atoms with Crippen LogP contribution in [0.2, 0.25) is 0 Å². The predicted octanol–water partition coefficient (Wildman–Crippen LogP) is 2.95. The third-order valence-electron chi connectivity index (χ3n) is 4.69. The Morgan fingerprint density at radius 2 is 1.89 bits per heavy atom. The second-order valence-corrected chi connectivity index (χ2v) is 5.42. The Morgan fingerprint density at radius 3 is 2.33 bits per heavy atom. The Hall–Kier alpha value is -1.09. The Bertz CT molecular complexity index is 358. The van der Waals surface area contributed by atoms with Crippen LogP contribution in [0.25, 0.3) is 0 Å². The lowest BCUT2D eigenvalue weighted by molar-refractivity contribution is 0.199. The minimum absolute atomic E-state index is 0.571. The molecule has 1 aromatic rings. The molecule has 0 amide bonds. The number of nitrogens with zero attached hydrogens (tertiary/aromatic N) is 2. The average Bonchev–Trinajstić information content (AvgIpc) is 2.47. The maximum absolute atomic E-state index is 5.60. The Kier molecular flexibility index (Phi) is 4.23. The molecule has 0 bridgehead atoms. The molecule has 0 atom stereocenters. The van der Waals surface area contributed by atoms with Gasteiger partial charge in [-0.2, -0.15) is 0 Å². The van der Waals surface area contributed by atoms with Crippen molar-refractivity contribution in [2.45, 2.75) is 46.1 Å². The van der Waals surface area contributed by atoms with Crippen molar-refractivity contribution in [1.82, 2.24) is 4.98 Å². The second kappa shape index (κ2) is 5.70. The van der Waals surface area contributed by atoms with Gasteiger partial charge in [0.15, 0.2) is 0 Å². The van der Waals surface area contributed by atoms with Crippen LogP contribution in [-0.2, 0) is 6.54 Å². The number of pyridine rings is 1. The van der Waals surface area contributed by atoms with Crippen molar-refractivity contribution in [3.8, 4) is 0 Å². The lowest BCUT2D eigenvalue weighted by atomic mass is 9.74. The lowest BCUT2D eigenvalue weighted by Crippen LogP contribution is -2.40. The van der Waals surface area contributed by atoms with Gasteiger partial charge in [0.1, 0.15) is 5.82 Å². The van der Waals surface area contributed by atoms with Gasteiger partial charge in [-0.15, -0.1) is 0 Å². The van der Waals surface area contributed by atoms with Gasteiger partial charge in [-0.1, -0.05) is 32.8 Å². The lowest BCUT2D eigenvalue weighted by Gasteiger charge is -2.41. The van der Waals surface area contributed by atoms with Crippen LogP contribution >= 0.6 is 0 Å². The van der Waals surface area contributed by atoms with Gasteiger partial charge in [0.05, 0.1) is 0 Å². The molecule has 1 fully saturated rings. The minimum atomic E-state index is 0.571. The van der Waals surface area contributed by atoms with Crippen molar-refractivity contribution in [2.75, 3.05) is 18.0 Å². The zero-order valence-electron chi connectivity index (χ0n) is 11.7. The number of hydrogen-bond acceptors (Lipinski definition) is 3.